The van der Waals surface area contributed by atoms with E-state index in [-0.39, 0.29) is 18.7 Å². The van der Waals surface area contributed by atoms with Crippen molar-refractivity contribution < 1.29 is 28.2 Å². The summed E-state index contributed by atoms with van der Waals surface area (Å²) in [6.45, 7) is 2.98. The molecule has 2 aliphatic rings. The Morgan fingerprint density at radius 2 is 1.91 bits per heavy atom. The van der Waals surface area contributed by atoms with E-state index in [1.165, 1.54) is 0 Å². The summed E-state index contributed by atoms with van der Waals surface area (Å²) in [5.74, 6) is 0.165. The monoisotopic (exact) mass is 437 g/mol. The average Bonchev–Trinajstić information content (AvgIpc) is 3.45. The number of ether oxygens (including phenoxy) is 3. The van der Waals surface area contributed by atoms with Gasteiger partial charge >= 0.3 is 5.97 Å². The molecule has 2 aromatic carbocycles. The number of rotatable bonds is 5. The smallest absolute Gasteiger partial charge is 0.309 e. The van der Waals surface area contributed by atoms with Crippen LogP contribution >= 0.6 is 0 Å². The summed E-state index contributed by atoms with van der Waals surface area (Å²) >= 11 is 0. The third-order valence-corrected chi connectivity index (χ3v) is 5.68. The number of anilines is 2. The molecule has 1 saturated heterocycles. The predicted molar refractivity (Wildman–Crippen MR) is 116 cm³/mol. The average molecular weight is 437 g/mol. The Morgan fingerprint density at radius 3 is 2.72 bits per heavy atom. The Hall–Kier alpha value is -3.75. The maximum absolute atomic E-state index is 12.6. The second-order valence-corrected chi connectivity index (χ2v) is 7.86. The predicted octanol–water partition coefficient (Wildman–Crippen LogP) is 3.34. The van der Waals surface area contributed by atoms with Crippen LogP contribution in [0.4, 0.5) is 11.7 Å². The normalized spacial score (nSPS) is 16.7. The highest BCUT2D eigenvalue weighted by molar-refractivity contribution is 5.95. The quantitative estimate of drug-likeness (QED) is 0.606. The number of para-hydroxylation sites is 2. The Balaban J connectivity index is 1.13. The maximum Gasteiger partial charge on any atom is 0.309 e. The van der Waals surface area contributed by atoms with Crippen LogP contribution in [0.15, 0.2) is 46.9 Å². The number of fused-ring (bicyclic) bond motifs is 2. The SMILES string of the molecule is CC(OC(=O)C1CCN(c2nc3ccccc3o2)CC1)C(=O)Nc1ccc2c(c1)OCO2. The van der Waals surface area contributed by atoms with Crippen molar-refractivity contribution in [2.75, 3.05) is 30.1 Å². The number of hydrogen-bond donors (Lipinski definition) is 1. The highest BCUT2D eigenvalue weighted by Crippen LogP contribution is 2.34. The van der Waals surface area contributed by atoms with Gasteiger partial charge in [0.25, 0.3) is 11.9 Å². The number of carbonyl (C=O) groups excluding carboxylic acids is 2. The molecule has 1 N–H and O–H groups in total. The number of piperidine rings is 1. The molecule has 1 atom stereocenters. The molecule has 3 aromatic rings. The molecule has 1 aromatic heterocycles. The molecule has 9 heteroatoms. The van der Waals surface area contributed by atoms with Gasteiger partial charge in [-0.3, -0.25) is 9.59 Å². The van der Waals surface area contributed by atoms with Crippen LogP contribution in [0.2, 0.25) is 0 Å². The van der Waals surface area contributed by atoms with Crippen LogP contribution in [0.5, 0.6) is 11.5 Å². The molecule has 0 saturated carbocycles. The molecular formula is C23H23N3O6. The number of aromatic nitrogens is 1. The molecule has 0 spiro atoms. The van der Waals surface area contributed by atoms with Crippen LogP contribution in [0, 0.1) is 5.92 Å². The molecule has 1 fully saturated rings. The van der Waals surface area contributed by atoms with Gasteiger partial charge in [0.1, 0.15) is 5.52 Å². The van der Waals surface area contributed by atoms with Gasteiger partial charge in [-0.25, -0.2) is 0 Å². The third-order valence-electron chi connectivity index (χ3n) is 5.68. The largest absolute Gasteiger partial charge is 0.454 e. The third kappa shape index (κ3) is 4.05. The first-order valence-corrected chi connectivity index (χ1v) is 10.6. The van der Waals surface area contributed by atoms with Crippen molar-refractivity contribution >= 4 is 34.7 Å². The minimum absolute atomic E-state index is 0.159. The summed E-state index contributed by atoms with van der Waals surface area (Å²) < 4.78 is 21.8. The van der Waals surface area contributed by atoms with Gasteiger partial charge in [0.2, 0.25) is 6.79 Å². The maximum atomic E-state index is 12.6. The molecule has 0 bridgehead atoms. The first kappa shape index (κ1) is 20.2. The lowest BCUT2D eigenvalue weighted by molar-refractivity contribution is -0.158. The van der Waals surface area contributed by atoms with E-state index in [0.29, 0.717) is 49.1 Å². The minimum atomic E-state index is -0.914. The van der Waals surface area contributed by atoms with Crippen LogP contribution in [-0.2, 0) is 14.3 Å². The number of oxazole rings is 1. The first-order valence-electron chi connectivity index (χ1n) is 10.6. The number of carbonyl (C=O) groups is 2. The van der Waals surface area contributed by atoms with E-state index in [1.807, 2.05) is 29.2 Å². The molecule has 0 radical (unpaired) electrons. The molecule has 1 amide bonds. The first-order chi connectivity index (χ1) is 15.6. The number of esters is 1. The van der Waals surface area contributed by atoms with Gasteiger partial charge in [0.05, 0.1) is 5.92 Å². The molecule has 9 nitrogen and oxygen atoms in total. The Labute approximate surface area is 184 Å². The zero-order valence-electron chi connectivity index (χ0n) is 17.6. The van der Waals surface area contributed by atoms with Gasteiger partial charge in [-0.15, -0.1) is 0 Å². The summed E-state index contributed by atoms with van der Waals surface area (Å²) in [6, 6.07) is 13.3. The summed E-state index contributed by atoms with van der Waals surface area (Å²) in [6.07, 6.45) is 0.297. The van der Waals surface area contributed by atoms with E-state index in [2.05, 4.69) is 10.3 Å². The van der Waals surface area contributed by atoms with Gasteiger partial charge in [-0.2, -0.15) is 4.98 Å². The number of amides is 1. The van der Waals surface area contributed by atoms with E-state index in [4.69, 9.17) is 18.6 Å². The fraction of sp³-hybridized carbons (Fsp3) is 0.348. The van der Waals surface area contributed by atoms with Crippen LogP contribution in [0.3, 0.4) is 0 Å². The minimum Gasteiger partial charge on any atom is -0.454 e. The number of benzene rings is 2. The Bertz CT molecular complexity index is 1120. The zero-order valence-corrected chi connectivity index (χ0v) is 17.6. The van der Waals surface area contributed by atoms with E-state index in [0.717, 1.165) is 11.1 Å². The summed E-state index contributed by atoms with van der Waals surface area (Å²) in [7, 11) is 0. The summed E-state index contributed by atoms with van der Waals surface area (Å²) in [5, 5.41) is 2.74. The molecule has 0 aliphatic carbocycles. The number of hydrogen-bond acceptors (Lipinski definition) is 8. The molecule has 3 heterocycles. The van der Waals surface area contributed by atoms with Crippen LogP contribution in [0.1, 0.15) is 19.8 Å². The van der Waals surface area contributed by atoms with Crippen molar-refractivity contribution in [3.63, 3.8) is 0 Å². The van der Waals surface area contributed by atoms with Crippen molar-refractivity contribution in [3.8, 4) is 11.5 Å². The van der Waals surface area contributed by atoms with Gasteiger partial charge in [-0.05, 0) is 44.0 Å². The van der Waals surface area contributed by atoms with Crippen molar-refractivity contribution in [3.05, 3.63) is 42.5 Å². The van der Waals surface area contributed by atoms with Gasteiger partial charge < -0.3 is 28.8 Å². The van der Waals surface area contributed by atoms with Crippen molar-refractivity contribution in [2.24, 2.45) is 5.92 Å². The van der Waals surface area contributed by atoms with E-state index in [1.54, 1.807) is 25.1 Å². The van der Waals surface area contributed by atoms with Crippen molar-refractivity contribution in [2.45, 2.75) is 25.9 Å². The number of nitrogens with one attached hydrogen (secondary N) is 1. The lowest BCUT2D eigenvalue weighted by Crippen LogP contribution is -2.39. The van der Waals surface area contributed by atoms with Crippen molar-refractivity contribution in [1.82, 2.24) is 4.98 Å². The highest BCUT2D eigenvalue weighted by Gasteiger charge is 2.30. The van der Waals surface area contributed by atoms with Gasteiger partial charge in [0, 0.05) is 24.8 Å². The van der Waals surface area contributed by atoms with Gasteiger partial charge in [0.15, 0.2) is 23.2 Å². The highest BCUT2D eigenvalue weighted by atomic mass is 16.7. The lowest BCUT2D eigenvalue weighted by atomic mass is 9.97. The second-order valence-electron chi connectivity index (χ2n) is 7.86. The Morgan fingerprint density at radius 1 is 1.12 bits per heavy atom. The van der Waals surface area contributed by atoms with Crippen molar-refractivity contribution in [1.29, 1.82) is 0 Å². The van der Waals surface area contributed by atoms with E-state index < -0.39 is 12.0 Å². The lowest BCUT2D eigenvalue weighted by Gasteiger charge is -2.30. The molecule has 5 rings (SSSR count). The molecule has 2 aliphatic heterocycles. The Kier molecular flexibility index (Phi) is 5.30. The fourth-order valence-electron chi connectivity index (χ4n) is 3.84. The van der Waals surface area contributed by atoms with Gasteiger partial charge in [-0.1, -0.05) is 12.1 Å². The van der Waals surface area contributed by atoms with Crippen LogP contribution in [0.25, 0.3) is 11.1 Å². The topological polar surface area (TPSA) is 103 Å². The second kappa shape index (κ2) is 8.41. The van der Waals surface area contributed by atoms with E-state index >= 15 is 0 Å². The number of nitrogens with zero attached hydrogens (tertiary/aromatic N) is 2. The molecule has 32 heavy (non-hydrogen) atoms. The fourth-order valence-corrected chi connectivity index (χ4v) is 3.84. The standard InChI is InChI=1S/C23H23N3O6/c1-14(21(27)24-16-6-7-19-20(12-16)30-13-29-19)31-22(28)15-8-10-26(11-9-15)23-25-17-4-2-3-5-18(17)32-23/h2-7,12,14-15H,8-11,13H2,1H3,(H,24,27). The van der Waals surface area contributed by atoms with Crippen LogP contribution in [-0.4, -0.2) is 42.8 Å². The molecule has 166 valence electrons. The van der Waals surface area contributed by atoms with E-state index in [9.17, 15) is 9.59 Å². The summed E-state index contributed by atoms with van der Waals surface area (Å²) in [5.41, 5.74) is 2.10. The molecular weight excluding hydrogens is 414 g/mol. The zero-order chi connectivity index (χ0) is 22.1. The molecule has 1 unspecified atom stereocenters. The summed E-state index contributed by atoms with van der Waals surface area (Å²) in [4.78, 5) is 31.6. The van der Waals surface area contributed by atoms with Crippen LogP contribution < -0.4 is 19.7 Å².